The number of imidazole rings is 1. The summed E-state index contributed by atoms with van der Waals surface area (Å²) in [5.74, 6) is 0.152. The van der Waals surface area contributed by atoms with E-state index in [1.165, 1.54) is 0 Å². The highest BCUT2D eigenvalue weighted by molar-refractivity contribution is 5.94. The first-order valence-electron chi connectivity index (χ1n) is 8.91. The van der Waals surface area contributed by atoms with Gasteiger partial charge in [-0.3, -0.25) is 14.9 Å². The molecule has 0 spiro atoms. The number of fused-ring (bicyclic) bond motifs is 1. The molecule has 8 nitrogen and oxygen atoms in total. The molecule has 3 rings (SSSR count). The van der Waals surface area contributed by atoms with Crippen LogP contribution >= 0.6 is 0 Å². The molecule has 1 aromatic heterocycles. The number of nitrogens with two attached hydrogens (primary N) is 1. The number of nitrogens with zero attached hydrogens (tertiary/aromatic N) is 2. The molecule has 144 valence electrons. The fraction of sp³-hybridized carbons (Fsp3) is 0.200. The number of nitrogens with one attached hydrogen (secondary N) is 2. The Morgan fingerprint density at radius 1 is 1.00 bits per heavy atom. The van der Waals surface area contributed by atoms with Crippen LogP contribution in [0, 0.1) is 0 Å². The Labute approximate surface area is 161 Å². The number of imide groups is 1. The van der Waals surface area contributed by atoms with E-state index in [1.54, 1.807) is 12.1 Å². The van der Waals surface area contributed by atoms with Crippen molar-refractivity contribution in [2.45, 2.75) is 19.4 Å². The van der Waals surface area contributed by atoms with Crippen molar-refractivity contribution in [2.75, 3.05) is 6.54 Å². The molecule has 0 aliphatic rings. The van der Waals surface area contributed by atoms with E-state index in [0.29, 0.717) is 25.1 Å². The van der Waals surface area contributed by atoms with Crippen molar-refractivity contribution in [1.82, 2.24) is 20.2 Å². The summed E-state index contributed by atoms with van der Waals surface area (Å²) in [6, 6.07) is 15.7. The maximum absolute atomic E-state index is 12.2. The van der Waals surface area contributed by atoms with E-state index in [9.17, 15) is 14.4 Å². The maximum Gasteiger partial charge on any atom is 0.318 e. The Morgan fingerprint density at radius 3 is 2.46 bits per heavy atom. The lowest BCUT2D eigenvalue weighted by Crippen LogP contribution is -2.35. The number of benzene rings is 2. The van der Waals surface area contributed by atoms with Gasteiger partial charge in [0.05, 0.1) is 11.0 Å². The van der Waals surface area contributed by atoms with Gasteiger partial charge in [-0.1, -0.05) is 30.3 Å². The first-order valence-corrected chi connectivity index (χ1v) is 8.91. The van der Waals surface area contributed by atoms with Crippen LogP contribution in [0.5, 0.6) is 0 Å². The van der Waals surface area contributed by atoms with E-state index >= 15 is 0 Å². The molecule has 0 aliphatic heterocycles. The zero-order chi connectivity index (χ0) is 19.9. The Morgan fingerprint density at radius 2 is 1.71 bits per heavy atom. The molecule has 0 saturated heterocycles. The molecule has 2 aromatic carbocycles. The lowest BCUT2D eigenvalue weighted by Gasteiger charge is -2.10. The Balaban J connectivity index is 1.68. The second-order valence-electron chi connectivity index (χ2n) is 6.20. The van der Waals surface area contributed by atoms with Gasteiger partial charge in [-0.15, -0.1) is 0 Å². The molecule has 0 atom stereocenters. The molecule has 28 heavy (non-hydrogen) atoms. The van der Waals surface area contributed by atoms with Gasteiger partial charge in [0.2, 0.25) is 5.91 Å². The number of hydrogen-bond acceptors (Lipinski definition) is 4. The lowest BCUT2D eigenvalue weighted by atomic mass is 10.2. The van der Waals surface area contributed by atoms with Gasteiger partial charge in [-0.25, -0.2) is 9.78 Å². The van der Waals surface area contributed by atoms with Crippen molar-refractivity contribution in [1.29, 1.82) is 0 Å². The van der Waals surface area contributed by atoms with Gasteiger partial charge >= 0.3 is 6.03 Å². The number of hydrogen-bond donors (Lipinski definition) is 3. The van der Waals surface area contributed by atoms with Crippen molar-refractivity contribution in [3.63, 3.8) is 0 Å². The van der Waals surface area contributed by atoms with Crippen molar-refractivity contribution >= 4 is 28.9 Å². The van der Waals surface area contributed by atoms with Crippen molar-refractivity contribution in [2.24, 2.45) is 5.73 Å². The van der Waals surface area contributed by atoms with Crippen LogP contribution in [0.25, 0.3) is 11.0 Å². The SMILES string of the molecule is NC(=O)NC(=O)CCn1c(CCNC(=O)c2ccccc2)nc2ccccc21. The largest absolute Gasteiger partial charge is 0.352 e. The molecular weight excluding hydrogens is 358 g/mol. The molecule has 0 bridgehead atoms. The lowest BCUT2D eigenvalue weighted by molar-refractivity contribution is -0.120. The minimum Gasteiger partial charge on any atom is -0.352 e. The van der Waals surface area contributed by atoms with Crippen molar-refractivity contribution < 1.29 is 14.4 Å². The molecule has 8 heteroatoms. The number of aryl methyl sites for hydroxylation is 1. The molecule has 4 amide bonds. The fourth-order valence-corrected chi connectivity index (χ4v) is 2.96. The summed E-state index contributed by atoms with van der Waals surface area (Å²) in [5, 5.41) is 4.94. The molecule has 0 saturated carbocycles. The number of carbonyl (C=O) groups excluding carboxylic acids is 3. The van der Waals surface area contributed by atoms with Crippen LogP contribution in [0.1, 0.15) is 22.6 Å². The van der Waals surface area contributed by atoms with Crippen LogP contribution < -0.4 is 16.4 Å². The Kier molecular flexibility index (Phi) is 6.01. The normalized spacial score (nSPS) is 10.6. The zero-order valence-corrected chi connectivity index (χ0v) is 15.2. The fourth-order valence-electron chi connectivity index (χ4n) is 2.96. The third kappa shape index (κ3) is 4.73. The zero-order valence-electron chi connectivity index (χ0n) is 15.2. The number of amides is 4. The second kappa shape index (κ2) is 8.81. The minimum atomic E-state index is -0.871. The monoisotopic (exact) mass is 379 g/mol. The molecule has 4 N–H and O–H groups in total. The summed E-state index contributed by atoms with van der Waals surface area (Å²) in [7, 11) is 0. The van der Waals surface area contributed by atoms with Gasteiger partial charge in [0.25, 0.3) is 5.91 Å². The van der Waals surface area contributed by atoms with E-state index in [2.05, 4.69) is 15.6 Å². The number of urea groups is 1. The summed E-state index contributed by atoms with van der Waals surface area (Å²) in [6.45, 7) is 0.756. The van der Waals surface area contributed by atoms with Crippen molar-refractivity contribution in [3.8, 4) is 0 Å². The quantitative estimate of drug-likeness (QED) is 0.577. The summed E-state index contributed by atoms with van der Waals surface area (Å²) in [6.07, 6.45) is 0.595. The van der Waals surface area contributed by atoms with E-state index < -0.39 is 11.9 Å². The van der Waals surface area contributed by atoms with Gasteiger partial charge < -0.3 is 15.6 Å². The predicted molar refractivity (Wildman–Crippen MR) is 105 cm³/mol. The molecule has 0 aliphatic carbocycles. The number of carbonyl (C=O) groups is 3. The molecule has 3 aromatic rings. The molecule has 1 heterocycles. The first-order chi connectivity index (χ1) is 13.5. The number of para-hydroxylation sites is 2. The summed E-state index contributed by atoms with van der Waals surface area (Å²) >= 11 is 0. The average Bonchev–Trinajstić information content (AvgIpc) is 3.04. The highest BCUT2D eigenvalue weighted by Crippen LogP contribution is 2.17. The second-order valence-corrected chi connectivity index (χ2v) is 6.20. The van der Waals surface area contributed by atoms with E-state index in [0.717, 1.165) is 16.9 Å². The molecule has 0 radical (unpaired) electrons. The number of rotatable bonds is 7. The summed E-state index contributed by atoms with van der Waals surface area (Å²) in [5.41, 5.74) is 7.27. The molecule has 0 fully saturated rings. The highest BCUT2D eigenvalue weighted by atomic mass is 16.2. The molecular formula is C20H21N5O3. The van der Waals surface area contributed by atoms with Crippen LogP contribution in [-0.2, 0) is 17.8 Å². The third-order valence-corrected chi connectivity index (χ3v) is 4.23. The first kappa shape index (κ1) is 19.1. The van der Waals surface area contributed by atoms with Gasteiger partial charge in [-0.2, -0.15) is 0 Å². The van der Waals surface area contributed by atoms with E-state index in [-0.39, 0.29) is 12.3 Å². The van der Waals surface area contributed by atoms with Gasteiger partial charge in [0.1, 0.15) is 5.82 Å². The van der Waals surface area contributed by atoms with Crippen LogP contribution in [0.15, 0.2) is 54.6 Å². The number of primary amides is 1. The smallest absolute Gasteiger partial charge is 0.318 e. The van der Waals surface area contributed by atoms with Crippen LogP contribution in [0.3, 0.4) is 0 Å². The summed E-state index contributed by atoms with van der Waals surface area (Å²) < 4.78 is 1.92. The topological polar surface area (TPSA) is 119 Å². The Hall–Kier alpha value is -3.68. The van der Waals surface area contributed by atoms with Crippen LogP contribution in [0.4, 0.5) is 4.79 Å². The number of aromatic nitrogens is 2. The van der Waals surface area contributed by atoms with Gasteiger partial charge in [0, 0.05) is 31.5 Å². The average molecular weight is 379 g/mol. The van der Waals surface area contributed by atoms with Gasteiger partial charge in [-0.05, 0) is 24.3 Å². The van der Waals surface area contributed by atoms with Crippen LogP contribution in [-0.4, -0.2) is 33.9 Å². The third-order valence-electron chi connectivity index (χ3n) is 4.23. The predicted octanol–water partition coefficient (Wildman–Crippen LogP) is 1.59. The minimum absolute atomic E-state index is 0.0899. The maximum atomic E-state index is 12.2. The Bertz CT molecular complexity index is 998. The van der Waals surface area contributed by atoms with E-state index in [4.69, 9.17) is 5.73 Å². The standard InChI is InChI=1S/C20H21N5O3/c21-20(28)24-18(26)11-13-25-16-9-5-4-8-15(16)23-17(25)10-12-22-19(27)14-6-2-1-3-7-14/h1-9H,10-13H2,(H,22,27)(H3,21,24,26,28). The molecule has 0 unspecified atom stereocenters. The van der Waals surface area contributed by atoms with Crippen LogP contribution in [0.2, 0.25) is 0 Å². The van der Waals surface area contributed by atoms with E-state index in [1.807, 2.05) is 47.0 Å². The highest BCUT2D eigenvalue weighted by Gasteiger charge is 2.13. The van der Waals surface area contributed by atoms with Gasteiger partial charge in [0.15, 0.2) is 0 Å². The summed E-state index contributed by atoms with van der Waals surface area (Å²) in [4.78, 5) is 39.3. The van der Waals surface area contributed by atoms with Crippen molar-refractivity contribution in [3.05, 3.63) is 66.0 Å².